The van der Waals surface area contributed by atoms with Crippen molar-refractivity contribution in [1.29, 1.82) is 0 Å². The van der Waals surface area contributed by atoms with E-state index in [2.05, 4.69) is 6.58 Å². The van der Waals surface area contributed by atoms with Gasteiger partial charge in [-0.2, -0.15) is 0 Å². The van der Waals surface area contributed by atoms with Crippen LogP contribution in [0.15, 0.2) is 12.1 Å². The molecule has 0 amide bonds. The molecule has 0 aromatic rings. The van der Waals surface area contributed by atoms with Crippen molar-refractivity contribution < 1.29 is 18.8 Å². The Labute approximate surface area is 103 Å². The summed E-state index contributed by atoms with van der Waals surface area (Å²) in [6, 6.07) is 0. The Morgan fingerprint density at radius 2 is 1.71 bits per heavy atom. The molecule has 1 aliphatic heterocycles. The average Bonchev–Trinajstić information content (AvgIpc) is 2.35. The lowest BCUT2D eigenvalue weighted by molar-refractivity contribution is -0.140. The maximum Gasteiger partial charge on any atom is 0.490 e. The molecule has 0 aliphatic carbocycles. The Hall–Kier alpha value is -0.805. The first-order chi connectivity index (χ1) is 7.66. The van der Waals surface area contributed by atoms with Gasteiger partial charge in [-0.3, -0.25) is 4.79 Å². The van der Waals surface area contributed by atoms with Crippen LogP contribution in [0, 0.1) is 0 Å². The molecule has 96 valence electrons. The molecule has 1 saturated heterocycles. The first kappa shape index (κ1) is 14.3. The fourth-order valence-corrected chi connectivity index (χ4v) is 1.45. The lowest BCUT2D eigenvalue weighted by Gasteiger charge is -2.32. The minimum Gasteiger partial charge on any atom is -0.466 e. The predicted molar refractivity (Wildman–Crippen MR) is 66.5 cm³/mol. The third-order valence-electron chi connectivity index (χ3n) is 3.32. The van der Waals surface area contributed by atoms with Crippen LogP contribution >= 0.6 is 0 Å². The number of carbonyl (C=O) groups excluding carboxylic acids is 1. The van der Waals surface area contributed by atoms with E-state index in [1.807, 2.05) is 27.7 Å². The van der Waals surface area contributed by atoms with Crippen LogP contribution in [-0.4, -0.2) is 30.9 Å². The molecule has 0 unspecified atom stereocenters. The van der Waals surface area contributed by atoms with E-state index in [0.717, 1.165) is 5.47 Å². The largest absolute Gasteiger partial charge is 0.490 e. The molecule has 0 spiro atoms. The molecule has 0 saturated carbocycles. The fraction of sp³-hybridized carbons (Fsp3) is 0.750. The van der Waals surface area contributed by atoms with Crippen molar-refractivity contribution in [2.45, 2.75) is 52.2 Å². The van der Waals surface area contributed by atoms with E-state index in [9.17, 15) is 4.79 Å². The number of hydrogen-bond donors (Lipinski definition) is 0. The average molecular weight is 240 g/mol. The van der Waals surface area contributed by atoms with Gasteiger partial charge in [-0.15, -0.1) is 6.58 Å². The summed E-state index contributed by atoms with van der Waals surface area (Å²) >= 11 is 0. The van der Waals surface area contributed by atoms with Gasteiger partial charge in [0.1, 0.15) is 0 Å². The second-order valence-electron chi connectivity index (χ2n) is 5.34. The summed E-state index contributed by atoms with van der Waals surface area (Å²) in [5.74, 6) is -0.285. The number of carbonyl (C=O) groups is 1. The molecule has 0 bridgehead atoms. The van der Waals surface area contributed by atoms with Crippen molar-refractivity contribution in [3.05, 3.63) is 12.1 Å². The molecule has 5 heteroatoms. The quantitative estimate of drug-likeness (QED) is 0.557. The Morgan fingerprint density at radius 3 is 2.12 bits per heavy atom. The van der Waals surface area contributed by atoms with Crippen LogP contribution in [0.3, 0.4) is 0 Å². The van der Waals surface area contributed by atoms with E-state index in [-0.39, 0.29) is 17.2 Å². The molecule has 0 atom stereocenters. The van der Waals surface area contributed by atoms with Gasteiger partial charge >= 0.3 is 13.1 Å². The second-order valence-corrected chi connectivity index (χ2v) is 5.34. The molecule has 0 aromatic carbocycles. The summed E-state index contributed by atoms with van der Waals surface area (Å²) in [5.41, 5.74) is 0.0780. The summed E-state index contributed by atoms with van der Waals surface area (Å²) < 4.78 is 16.5. The summed E-state index contributed by atoms with van der Waals surface area (Å²) in [4.78, 5) is 10.6. The van der Waals surface area contributed by atoms with Crippen LogP contribution in [-0.2, 0) is 18.8 Å². The van der Waals surface area contributed by atoms with Crippen LogP contribution in [0.1, 0.15) is 41.0 Å². The summed E-state index contributed by atoms with van der Waals surface area (Å²) in [7, 11) is -0.421. The molecular formula is C12H21BO4. The van der Waals surface area contributed by atoms with Crippen LogP contribution in [0.5, 0.6) is 0 Å². The van der Waals surface area contributed by atoms with Gasteiger partial charge in [0.2, 0.25) is 0 Å². The van der Waals surface area contributed by atoms with Crippen LogP contribution < -0.4 is 0 Å². The van der Waals surface area contributed by atoms with Gasteiger partial charge < -0.3 is 14.0 Å². The minimum atomic E-state index is -0.421. The normalized spacial score (nSPS) is 21.4. The van der Waals surface area contributed by atoms with E-state index >= 15 is 0 Å². The van der Waals surface area contributed by atoms with Crippen molar-refractivity contribution >= 4 is 13.1 Å². The van der Waals surface area contributed by atoms with Crippen molar-refractivity contribution in [1.82, 2.24) is 0 Å². The van der Waals surface area contributed by atoms with Gasteiger partial charge in [0, 0.05) is 6.92 Å². The van der Waals surface area contributed by atoms with Crippen molar-refractivity contribution in [2.75, 3.05) is 6.61 Å². The highest BCUT2D eigenvalue weighted by atomic mass is 16.7. The first-order valence-electron chi connectivity index (χ1n) is 5.82. The Balaban J connectivity index is 2.48. The number of rotatable bonds is 4. The minimum absolute atomic E-state index is 0.285. The maximum absolute atomic E-state index is 10.6. The molecule has 0 radical (unpaired) electrons. The van der Waals surface area contributed by atoms with Gasteiger partial charge in [0.25, 0.3) is 0 Å². The monoisotopic (exact) mass is 240 g/mol. The molecule has 1 aliphatic rings. The van der Waals surface area contributed by atoms with Crippen molar-refractivity contribution in [3.8, 4) is 0 Å². The molecule has 4 nitrogen and oxygen atoms in total. The lowest BCUT2D eigenvalue weighted by Crippen LogP contribution is -2.41. The molecule has 17 heavy (non-hydrogen) atoms. The van der Waals surface area contributed by atoms with Gasteiger partial charge in [-0.1, -0.05) is 0 Å². The van der Waals surface area contributed by atoms with Crippen molar-refractivity contribution in [3.63, 3.8) is 0 Å². The van der Waals surface area contributed by atoms with Crippen molar-refractivity contribution in [2.24, 2.45) is 0 Å². The van der Waals surface area contributed by atoms with Crippen LogP contribution in [0.2, 0.25) is 0 Å². The summed E-state index contributed by atoms with van der Waals surface area (Å²) in [6.07, 6.45) is 0.552. The third kappa shape index (κ3) is 3.33. The third-order valence-corrected chi connectivity index (χ3v) is 3.32. The maximum atomic E-state index is 10.6. The van der Waals surface area contributed by atoms with Gasteiger partial charge in [0.05, 0.1) is 17.8 Å². The van der Waals surface area contributed by atoms with E-state index in [1.165, 1.54) is 6.92 Å². The highest BCUT2D eigenvalue weighted by molar-refractivity contribution is 6.54. The summed E-state index contributed by atoms with van der Waals surface area (Å²) in [6.45, 7) is 13.6. The number of hydrogen-bond acceptors (Lipinski definition) is 4. The Kier molecular flexibility index (Phi) is 4.04. The standard InChI is InChI=1S/C12H21BO4/c1-9(7-8-15-10(2)14)13-16-11(3,4)12(5,6)17-13/h1,7-8H2,2-6H3. The molecular weight excluding hydrogens is 219 g/mol. The van der Waals surface area contributed by atoms with E-state index in [4.69, 9.17) is 14.0 Å². The second kappa shape index (κ2) is 4.82. The lowest BCUT2D eigenvalue weighted by atomic mass is 9.77. The molecule has 1 heterocycles. The van der Waals surface area contributed by atoms with E-state index in [1.54, 1.807) is 0 Å². The van der Waals surface area contributed by atoms with Crippen LogP contribution in [0.4, 0.5) is 0 Å². The zero-order valence-electron chi connectivity index (χ0n) is 11.3. The van der Waals surface area contributed by atoms with E-state index < -0.39 is 7.12 Å². The molecule has 1 fully saturated rings. The molecule has 0 N–H and O–H groups in total. The Morgan fingerprint density at radius 1 is 1.24 bits per heavy atom. The van der Waals surface area contributed by atoms with E-state index in [0.29, 0.717) is 13.0 Å². The number of esters is 1. The number of ether oxygens (including phenoxy) is 1. The SMILES string of the molecule is C=C(CCOC(C)=O)B1OC(C)(C)C(C)(C)O1. The van der Waals surface area contributed by atoms with Gasteiger partial charge in [-0.25, -0.2) is 0 Å². The highest BCUT2D eigenvalue weighted by Gasteiger charge is 2.51. The van der Waals surface area contributed by atoms with Gasteiger partial charge in [0.15, 0.2) is 0 Å². The fourth-order valence-electron chi connectivity index (χ4n) is 1.45. The molecule has 1 rings (SSSR count). The topological polar surface area (TPSA) is 44.8 Å². The Bertz CT molecular complexity index is 306. The summed E-state index contributed by atoms with van der Waals surface area (Å²) in [5, 5.41) is 0. The zero-order chi connectivity index (χ0) is 13.3. The highest BCUT2D eigenvalue weighted by Crippen LogP contribution is 2.38. The first-order valence-corrected chi connectivity index (χ1v) is 5.82. The smallest absolute Gasteiger partial charge is 0.466 e. The molecule has 0 aromatic heterocycles. The van der Waals surface area contributed by atoms with Crippen LogP contribution in [0.25, 0.3) is 0 Å². The predicted octanol–water partition coefficient (Wildman–Crippen LogP) is 2.13. The zero-order valence-corrected chi connectivity index (χ0v) is 11.3. The van der Waals surface area contributed by atoms with Gasteiger partial charge in [-0.05, 0) is 39.6 Å².